The maximum Gasteiger partial charge on any atom is 0.328 e. The lowest BCUT2D eigenvalue weighted by molar-refractivity contribution is -0.142. The molecule has 0 fully saturated rings. The number of nitrogens with zero attached hydrogens (tertiary/aromatic N) is 1. The molecule has 2 aromatic rings. The van der Waals surface area contributed by atoms with Crippen LogP contribution in [-0.2, 0) is 16.1 Å². The van der Waals surface area contributed by atoms with Crippen LogP contribution >= 0.6 is 0 Å². The molecule has 0 bridgehead atoms. The van der Waals surface area contributed by atoms with Gasteiger partial charge in [-0.15, -0.1) is 0 Å². The quantitative estimate of drug-likeness (QED) is 0.815. The summed E-state index contributed by atoms with van der Waals surface area (Å²) in [7, 11) is 1.27. The zero-order valence-corrected chi connectivity index (χ0v) is 14.1. The number of amides is 1. The lowest BCUT2D eigenvalue weighted by Gasteiger charge is -2.14. The Balaban J connectivity index is 2.12. The molecule has 0 aliphatic carbocycles. The number of benzene rings is 1. The van der Waals surface area contributed by atoms with Gasteiger partial charge in [0, 0.05) is 0 Å². The van der Waals surface area contributed by atoms with Gasteiger partial charge in [-0.3, -0.25) is 4.79 Å². The summed E-state index contributed by atoms with van der Waals surface area (Å²) in [5.74, 6) is 0.153. The fourth-order valence-corrected chi connectivity index (χ4v) is 2.15. The number of hydrogen-bond acceptors (Lipinski definition) is 6. The number of carbonyl (C=O) groups is 2. The second-order valence-corrected chi connectivity index (χ2v) is 5.31. The van der Waals surface area contributed by atoms with E-state index in [1.165, 1.54) is 7.11 Å². The molecule has 1 N–H and O–H groups in total. The van der Waals surface area contributed by atoms with Crippen molar-refractivity contribution in [2.24, 2.45) is 0 Å². The van der Waals surface area contributed by atoms with Crippen LogP contribution in [0.1, 0.15) is 34.3 Å². The van der Waals surface area contributed by atoms with Crippen LogP contribution in [-0.4, -0.2) is 30.2 Å². The van der Waals surface area contributed by atoms with Gasteiger partial charge >= 0.3 is 5.97 Å². The molecule has 0 saturated heterocycles. The van der Waals surface area contributed by atoms with E-state index in [9.17, 15) is 9.59 Å². The van der Waals surface area contributed by atoms with Gasteiger partial charge in [-0.05, 0) is 32.9 Å². The molecular weight excluding hydrogens is 312 g/mol. The molecule has 1 atom stereocenters. The molecule has 0 aliphatic rings. The van der Waals surface area contributed by atoms with Crippen LogP contribution in [0.25, 0.3) is 0 Å². The van der Waals surface area contributed by atoms with Crippen molar-refractivity contribution in [1.82, 2.24) is 10.5 Å². The van der Waals surface area contributed by atoms with Gasteiger partial charge in [-0.1, -0.05) is 17.3 Å². The van der Waals surface area contributed by atoms with Gasteiger partial charge in [0.1, 0.15) is 24.2 Å². The lowest BCUT2D eigenvalue weighted by atomic mass is 10.1. The summed E-state index contributed by atoms with van der Waals surface area (Å²) in [6.45, 7) is 5.41. The number of para-hydroxylation sites is 1. The van der Waals surface area contributed by atoms with Crippen LogP contribution < -0.4 is 10.1 Å². The number of aryl methyl sites for hydroxylation is 2. The van der Waals surface area contributed by atoms with E-state index in [2.05, 4.69) is 15.2 Å². The first-order valence-corrected chi connectivity index (χ1v) is 7.46. The molecule has 1 aromatic carbocycles. The average Bonchev–Trinajstić information content (AvgIpc) is 2.90. The van der Waals surface area contributed by atoms with Gasteiger partial charge in [-0.2, -0.15) is 0 Å². The molecule has 1 amide bonds. The largest absolute Gasteiger partial charge is 0.488 e. The fraction of sp³-hybridized carbons (Fsp3) is 0.353. The number of carbonyl (C=O) groups excluding carboxylic acids is 2. The number of methoxy groups -OCH3 is 1. The molecule has 0 unspecified atom stereocenters. The summed E-state index contributed by atoms with van der Waals surface area (Å²) in [6, 6.07) is 6.06. The molecule has 7 nitrogen and oxygen atoms in total. The first kappa shape index (κ1) is 17.5. The van der Waals surface area contributed by atoms with Crippen molar-refractivity contribution in [3.63, 3.8) is 0 Å². The normalized spacial score (nSPS) is 11.7. The average molecular weight is 332 g/mol. The molecular formula is C17H20N2O5. The highest BCUT2D eigenvalue weighted by molar-refractivity contribution is 5.98. The molecule has 1 aromatic heterocycles. The summed E-state index contributed by atoms with van der Waals surface area (Å²) in [6.07, 6.45) is 0. The number of hydrogen-bond donors (Lipinski definition) is 1. The number of aromatic nitrogens is 1. The fourth-order valence-electron chi connectivity index (χ4n) is 2.15. The Labute approximate surface area is 139 Å². The lowest BCUT2D eigenvalue weighted by Crippen LogP contribution is -2.39. The summed E-state index contributed by atoms with van der Waals surface area (Å²) < 4.78 is 15.4. The Hall–Kier alpha value is -2.83. The van der Waals surface area contributed by atoms with E-state index in [4.69, 9.17) is 9.26 Å². The van der Waals surface area contributed by atoms with Crippen molar-refractivity contribution < 1.29 is 23.6 Å². The Morgan fingerprint density at radius 1 is 1.29 bits per heavy atom. The molecule has 7 heteroatoms. The summed E-state index contributed by atoms with van der Waals surface area (Å²) in [5, 5.41) is 6.45. The van der Waals surface area contributed by atoms with Crippen LogP contribution in [0.3, 0.4) is 0 Å². The minimum Gasteiger partial charge on any atom is -0.488 e. The smallest absolute Gasteiger partial charge is 0.328 e. The second-order valence-electron chi connectivity index (χ2n) is 5.31. The van der Waals surface area contributed by atoms with Crippen LogP contribution in [0, 0.1) is 13.8 Å². The number of ether oxygens (including phenoxy) is 2. The van der Waals surface area contributed by atoms with Crippen molar-refractivity contribution in [3.05, 3.63) is 46.8 Å². The first-order valence-electron chi connectivity index (χ1n) is 7.46. The van der Waals surface area contributed by atoms with E-state index < -0.39 is 17.9 Å². The van der Waals surface area contributed by atoms with Gasteiger partial charge in [0.25, 0.3) is 5.91 Å². The third-order valence-electron chi connectivity index (χ3n) is 3.59. The van der Waals surface area contributed by atoms with Crippen LogP contribution in [0.4, 0.5) is 0 Å². The molecule has 0 aliphatic heterocycles. The summed E-state index contributed by atoms with van der Waals surface area (Å²) >= 11 is 0. The van der Waals surface area contributed by atoms with Crippen LogP contribution in [0.2, 0.25) is 0 Å². The highest BCUT2D eigenvalue weighted by Crippen LogP contribution is 2.21. The molecule has 128 valence electrons. The number of nitrogens with one attached hydrogen (secondary N) is 1. The third-order valence-corrected chi connectivity index (χ3v) is 3.59. The Morgan fingerprint density at radius 2 is 2.00 bits per heavy atom. The first-order chi connectivity index (χ1) is 11.4. The zero-order chi connectivity index (χ0) is 17.7. The molecule has 0 spiro atoms. The summed E-state index contributed by atoms with van der Waals surface area (Å²) in [4.78, 5) is 23.8. The van der Waals surface area contributed by atoms with E-state index in [1.807, 2.05) is 6.92 Å². The van der Waals surface area contributed by atoms with Gasteiger partial charge in [0.2, 0.25) is 0 Å². The Kier molecular flexibility index (Phi) is 5.57. The SMILES string of the molecule is COC(=O)[C@H](C)NC(=O)c1ccccc1OCc1c(C)noc1C. The van der Waals surface area contributed by atoms with Gasteiger partial charge in [-0.25, -0.2) is 4.79 Å². The number of esters is 1. The minimum atomic E-state index is -0.752. The van der Waals surface area contributed by atoms with Gasteiger partial charge in [0.15, 0.2) is 0 Å². The molecule has 24 heavy (non-hydrogen) atoms. The van der Waals surface area contributed by atoms with Gasteiger partial charge in [0.05, 0.1) is 23.9 Å². The molecule has 1 heterocycles. The van der Waals surface area contributed by atoms with Crippen molar-refractivity contribution in [2.75, 3.05) is 7.11 Å². The van der Waals surface area contributed by atoms with Crippen molar-refractivity contribution in [2.45, 2.75) is 33.4 Å². The summed E-state index contributed by atoms with van der Waals surface area (Å²) in [5.41, 5.74) is 1.92. The predicted molar refractivity (Wildman–Crippen MR) is 85.7 cm³/mol. The highest BCUT2D eigenvalue weighted by atomic mass is 16.5. The van der Waals surface area contributed by atoms with E-state index in [-0.39, 0.29) is 6.61 Å². The maximum absolute atomic E-state index is 12.4. The van der Waals surface area contributed by atoms with E-state index in [0.717, 1.165) is 11.3 Å². The Morgan fingerprint density at radius 3 is 2.62 bits per heavy atom. The minimum absolute atomic E-state index is 0.234. The molecule has 0 radical (unpaired) electrons. The standard InChI is InChI=1S/C17H20N2O5/c1-10-14(12(3)24-19-10)9-23-15-8-6-5-7-13(15)16(20)18-11(2)17(21)22-4/h5-8,11H,9H2,1-4H3,(H,18,20)/t11-/m0/s1. The third kappa shape index (κ3) is 3.92. The van der Waals surface area contributed by atoms with E-state index in [1.54, 1.807) is 38.1 Å². The predicted octanol–water partition coefficient (Wildman–Crippen LogP) is 2.16. The van der Waals surface area contributed by atoms with Crippen LogP contribution in [0.15, 0.2) is 28.8 Å². The van der Waals surface area contributed by atoms with Crippen molar-refractivity contribution in [3.8, 4) is 5.75 Å². The second kappa shape index (κ2) is 7.63. The molecule has 2 rings (SSSR count). The number of rotatable bonds is 6. The zero-order valence-electron chi connectivity index (χ0n) is 14.1. The molecule has 0 saturated carbocycles. The van der Waals surface area contributed by atoms with Crippen molar-refractivity contribution in [1.29, 1.82) is 0 Å². The van der Waals surface area contributed by atoms with Crippen molar-refractivity contribution >= 4 is 11.9 Å². The highest BCUT2D eigenvalue weighted by Gasteiger charge is 2.20. The van der Waals surface area contributed by atoms with Gasteiger partial charge < -0.3 is 19.3 Å². The topological polar surface area (TPSA) is 90.7 Å². The van der Waals surface area contributed by atoms with E-state index >= 15 is 0 Å². The van der Waals surface area contributed by atoms with Crippen LogP contribution in [0.5, 0.6) is 5.75 Å². The Bertz CT molecular complexity index is 719. The monoisotopic (exact) mass is 332 g/mol. The van der Waals surface area contributed by atoms with E-state index in [0.29, 0.717) is 17.1 Å². The maximum atomic E-state index is 12.4.